The molecule has 0 fully saturated rings. The van der Waals surface area contributed by atoms with Crippen molar-refractivity contribution in [1.29, 1.82) is 0 Å². The number of amides is 2. The average Bonchev–Trinajstić information content (AvgIpc) is 2.87. The highest BCUT2D eigenvalue weighted by molar-refractivity contribution is 6.05. The summed E-state index contributed by atoms with van der Waals surface area (Å²) in [4.78, 5) is 25.5. The van der Waals surface area contributed by atoms with E-state index in [0.717, 1.165) is 12.0 Å². The van der Waals surface area contributed by atoms with Crippen molar-refractivity contribution in [3.8, 4) is 0 Å². The number of nitrogens with one attached hydrogen (secondary N) is 2. The lowest BCUT2D eigenvalue weighted by atomic mass is 9.78. The summed E-state index contributed by atoms with van der Waals surface area (Å²) in [6, 6.07) is 14.1. The van der Waals surface area contributed by atoms with Gasteiger partial charge in [-0.1, -0.05) is 38.1 Å². The van der Waals surface area contributed by atoms with Gasteiger partial charge in [-0.05, 0) is 67.5 Å². The molecule has 0 radical (unpaired) electrons. The second-order valence-corrected chi connectivity index (χ2v) is 9.24. The zero-order valence-electron chi connectivity index (χ0n) is 21.2. The maximum absolute atomic E-state index is 12.9. The van der Waals surface area contributed by atoms with Crippen LogP contribution >= 0.6 is 0 Å². The fourth-order valence-electron chi connectivity index (χ4n) is 4.37. The highest BCUT2D eigenvalue weighted by Crippen LogP contribution is 2.37. The first-order valence-corrected chi connectivity index (χ1v) is 12.5. The SMILES string of the molecule is CCO[C@@H]1OC(C(=O)NCc2ccc(C(=O)Nc3ccccc3N)cc2)=C[C@H](C(C)C)[C@@H]1CCCO. The Morgan fingerprint density at radius 2 is 1.83 bits per heavy atom. The third kappa shape index (κ3) is 7.08. The summed E-state index contributed by atoms with van der Waals surface area (Å²) in [5, 5.41) is 15.0. The van der Waals surface area contributed by atoms with E-state index in [1.165, 1.54) is 0 Å². The minimum absolute atomic E-state index is 0.0681. The van der Waals surface area contributed by atoms with Crippen LogP contribution in [0.4, 0.5) is 11.4 Å². The number of carbonyl (C=O) groups excluding carboxylic acids is 2. The molecule has 194 valence electrons. The van der Waals surface area contributed by atoms with Crippen molar-refractivity contribution in [3.63, 3.8) is 0 Å². The fourth-order valence-corrected chi connectivity index (χ4v) is 4.37. The molecule has 3 rings (SSSR count). The number of ether oxygens (including phenoxy) is 2. The van der Waals surface area contributed by atoms with E-state index in [-0.39, 0.29) is 48.5 Å². The van der Waals surface area contributed by atoms with E-state index in [0.29, 0.717) is 30.0 Å². The predicted octanol–water partition coefficient (Wildman–Crippen LogP) is 4.07. The van der Waals surface area contributed by atoms with Crippen LogP contribution in [-0.4, -0.2) is 36.4 Å². The van der Waals surface area contributed by atoms with E-state index in [9.17, 15) is 14.7 Å². The molecular formula is C28H37N3O5. The third-order valence-electron chi connectivity index (χ3n) is 6.33. The first-order valence-electron chi connectivity index (χ1n) is 12.5. The van der Waals surface area contributed by atoms with Gasteiger partial charge in [0.1, 0.15) is 0 Å². The predicted molar refractivity (Wildman–Crippen MR) is 140 cm³/mol. The van der Waals surface area contributed by atoms with Gasteiger partial charge in [0, 0.05) is 31.2 Å². The Kier molecular flexibility index (Phi) is 9.90. The third-order valence-corrected chi connectivity index (χ3v) is 6.33. The van der Waals surface area contributed by atoms with E-state index >= 15 is 0 Å². The molecule has 8 nitrogen and oxygen atoms in total. The maximum atomic E-state index is 12.9. The number of anilines is 2. The van der Waals surface area contributed by atoms with Gasteiger partial charge in [0.15, 0.2) is 5.76 Å². The summed E-state index contributed by atoms with van der Waals surface area (Å²) in [5.41, 5.74) is 8.28. The van der Waals surface area contributed by atoms with Crippen LogP contribution < -0.4 is 16.4 Å². The molecule has 0 spiro atoms. The summed E-state index contributed by atoms with van der Waals surface area (Å²) in [5.74, 6) is 0.128. The summed E-state index contributed by atoms with van der Waals surface area (Å²) in [6.45, 7) is 6.98. The lowest BCUT2D eigenvalue weighted by Crippen LogP contribution is -2.41. The van der Waals surface area contributed by atoms with E-state index < -0.39 is 6.29 Å². The number of hydrogen-bond acceptors (Lipinski definition) is 6. The standard InChI is InChI=1S/C28H37N3O5/c1-4-35-28-21(8-7-15-32)22(18(2)3)16-25(36-28)27(34)30-17-19-11-13-20(14-12-19)26(33)31-24-10-6-5-9-23(24)29/h5-6,9-14,16,18,21-22,28,32H,4,7-8,15,17,29H2,1-3H3,(H,30,34)(H,31,33)/t21-,22+,28+/m0/s1. The van der Waals surface area contributed by atoms with Gasteiger partial charge in [0.05, 0.1) is 11.4 Å². The van der Waals surface area contributed by atoms with Gasteiger partial charge in [-0.3, -0.25) is 9.59 Å². The fraction of sp³-hybridized carbons (Fsp3) is 0.429. The van der Waals surface area contributed by atoms with Crippen LogP contribution in [0.5, 0.6) is 0 Å². The molecule has 0 bridgehead atoms. The van der Waals surface area contributed by atoms with Crippen molar-refractivity contribution in [2.24, 2.45) is 17.8 Å². The molecule has 0 saturated heterocycles. The van der Waals surface area contributed by atoms with E-state index in [1.54, 1.807) is 48.5 Å². The number of para-hydroxylation sites is 2. The van der Waals surface area contributed by atoms with Crippen LogP contribution in [0.2, 0.25) is 0 Å². The van der Waals surface area contributed by atoms with Crippen LogP contribution in [-0.2, 0) is 20.8 Å². The Bertz CT molecular complexity index is 1050. The van der Waals surface area contributed by atoms with Gasteiger partial charge in [-0.15, -0.1) is 0 Å². The van der Waals surface area contributed by atoms with Crippen LogP contribution in [0.25, 0.3) is 0 Å². The molecule has 8 heteroatoms. The first kappa shape index (κ1) is 27.2. The lowest BCUT2D eigenvalue weighted by Gasteiger charge is -2.38. The van der Waals surface area contributed by atoms with E-state index in [2.05, 4.69) is 24.5 Å². The molecule has 0 aromatic heterocycles. The normalized spacial score (nSPS) is 19.4. The molecule has 0 saturated carbocycles. The Labute approximate surface area is 212 Å². The zero-order chi connectivity index (χ0) is 26.1. The number of hydrogen-bond donors (Lipinski definition) is 4. The van der Waals surface area contributed by atoms with Gasteiger partial charge in [0.25, 0.3) is 11.8 Å². The largest absolute Gasteiger partial charge is 0.459 e. The summed E-state index contributed by atoms with van der Waals surface area (Å²) in [6.07, 6.45) is 2.77. The molecular weight excluding hydrogens is 458 g/mol. The highest BCUT2D eigenvalue weighted by atomic mass is 16.7. The lowest BCUT2D eigenvalue weighted by molar-refractivity contribution is -0.175. The highest BCUT2D eigenvalue weighted by Gasteiger charge is 2.38. The summed E-state index contributed by atoms with van der Waals surface area (Å²) >= 11 is 0. The van der Waals surface area contributed by atoms with Gasteiger partial charge in [-0.2, -0.15) is 0 Å². The van der Waals surface area contributed by atoms with Crippen molar-refractivity contribution in [3.05, 3.63) is 71.5 Å². The molecule has 5 N–H and O–H groups in total. The molecule has 1 aliphatic rings. The van der Waals surface area contributed by atoms with E-state index in [4.69, 9.17) is 15.2 Å². The number of aliphatic hydroxyl groups is 1. The number of aliphatic hydroxyl groups excluding tert-OH is 1. The van der Waals surface area contributed by atoms with Crippen LogP contribution in [0.3, 0.4) is 0 Å². The minimum Gasteiger partial charge on any atom is -0.459 e. The topological polar surface area (TPSA) is 123 Å². The number of carbonyl (C=O) groups is 2. The molecule has 1 aliphatic heterocycles. The smallest absolute Gasteiger partial charge is 0.286 e. The Morgan fingerprint density at radius 1 is 1.11 bits per heavy atom. The van der Waals surface area contributed by atoms with Gasteiger partial charge in [0.2, 0.25) is 6.29 Å². The second kappa shape index (κ2) is 13.1. The molecule has 0 aliphatic carbocycles. The number of benzene rings is 2. The van der Waals surface area contributed by atoms with Crippen molar-refractivity contribution >= 4 is 23.2 Å². The summed E-state index contributed by atoms with van der Waals surface area (Å²) in [7, 11) is 0. The zero-order valence-corrected chi connectivity index (χ0v) is 21.2. The number of nitrogen functional groups attached to an aromatic ring is 1. The molecule has 0 unspecified atom stereocenters. The van der Waals surface area contributed by atoms with Gasteiger partial charge < -0.3 is 30.9 Å². The molecule has 2 aromatic carbocycles. The average molecular weight is 496 g/mol. The van der Waals surface area contributed by atoms with Crippen molar-refractivity contribution in [2.75, 3.05) is 24.3 Å². The molecule has 36 heavy (non-hydrogen) atoms. The van der Waals surface area contributed by atoms with Crippen LogP contribution in [0.15, 0.2) is 60.4 Å². The van der Waals surface area contributed by atoms with Crippen LogP contribution in [0.1, 0.15) is 49.5 Å². The Morgan fingerprint density at radius 3 is 2.47 bits per heavy atom. The van der Waals surface area contributed by atoms with Crippen molar-refractivity contribution in [2.45, 2.75) is 46.4 Å². The Hall–Kier alpha value is -3.36. The molecule has 2 aromatic rings. The van der Waals surface area contributed by atoms with E-state index in [1.807, 2.05) is 13.0 Å². The molecule has 1 heterocycles. The van der Waals surface area contributed by atoms with Crippen molar-refractivity contribution in [1.82, 2.24) is 5.32 Å². The number of rotatable bonds is 11. The first-order chi connectivity index (χ1) is 17.3. The van der Waals surface area contributed by atoms with Crippen molar-refractivity contribution < 1.29 is 24.2 Å². The van der Waals surface area contributed by atoms with Crippen LogP contribution in [0, 0.1) is 17.8 Å². The second-order valence-electron chi connectivity index (χ2n) is 9.24. The Balaban J connectivity index is 1.62. The molecule has 3 atom stereocenters. The minimum atomic E-state index is -0.531. The number of allylic oxidation sites excluding steroid dienone is 1. The maximum Gasteiger partial charge on any atom is 0.286 e. The quantitative estimate of drug-likeness (QED) is 0.349. The number of nitrogens with two attached hydrogens (primary N) is 1. The van der Waals surface area contributed by atoms with Gasteiger partial charge >= 0.3 is 0 Å². The summed E-state index contributed by atoms with van der Waals surface area (Å²) < 4.78 is 11.8. The molecule has 2 amide bonds. The monoisotopic (exact) mass is 495 g/mol. The van der Waals surface area contributed by atoms with Gasteiger partial charge in [-0.25, -0.2) is 0 Å².